The van der Waals surface area contributed by atoms with Crippen molar-refractivity contribution >= 4 is 44.1 Å². The highest BCUT2D eigenvalue weighted by Crippen LogP contribution is 2.46. The number of carbonyl (C=O) groups excluding carboxylic acids is 2. The van der Waals surface area contributed by atoms with Gasteiger partial charge in [-0.25, -0.2) is 4.98 Å². The van der Waals surface area contributed by atoms with Crippen LogP contribution in [0.3, 0.4) is 0 Å². The molecule has 3 aromatic carbocycles. The van der Waals surface area contributed by atoms with Gasteiger partial charge in [0.15, 0.2) is 16.6 Å². The number of amides is 1. The van der Waals surface area contributed by atoms with Gasteiger partial charge in [-0.1, -0.05) is 30.4 Å². The van der Waals surface area contributed by atoms with Gasteiger partial charge in [0.1, 0.15) is 11.5 Å². The summed E-state index contributed by atoms with van der Waals surface area (Å²) >= 11 is 1.32. The SMILES string of the molecule is CCCOc1ccc([C@@H]2C(=C(O)c3ccc(OC)cc3)C(=O)C(=O)N2c2nc3ccc(C)cc3s2)cc1OC. The lowest BCUT2D eigenvalue weighted by atomic mass is 9.95. The van der Waals surface area contributed by atoms with Crippen LogP contribution in [0.25, 0.3) is 16.0 Å². The summed E-state index contributed by atoms with van der Waals surface area (Å²) in [5, 5.41) is 11.8. The minimum atomic E-state index is -0.942. The summed E-state index contributed by atoms with van der Waals surface area (Å²) in [5.41, 5.74) is 2.69. The Hall–Kier alpha value is -4.37. The van der Waals surface area contributed by atoms with Gasteiger partial charge in [-0.05, 0) is 73.0 Å². The van der Waals surface area contributed by atoms with Crippen LogP contribution in [0.1, 0.15) is 36.1 Å². The van der Waals surface area contributed by atoms with Crippen LogP contribution in [0.15, 0.2) is 66.2 Å². The number of nitrogens with zero attached hydrogens (tertiary/aromatic N) is 2. The van der Waals surface area contributed by atoms with E-state index in [4.69, 9.17) is 14.2 Å². The standard InChI is InChI=1S/C30H28N2O6S/c1-5-14-38-22-13-9-19(16-23(22)37-4)26-25(27(33)18-7-10-20(36-3)11-8-18)28(34)29(35)32(26)30-31-21-12-6-17(2)15-24(21)39-30/h6-13,15-16,26,33H,5,14H2,1-4H3/t26-/m1/s1. The number of carbonyl (C=O) groups is 2. The van der Waals surface area contributed by atoms with Crippen LogP contribution in [0.5, 0.6) is 17.2 Å². The summed E-state index contributed by atoms with van der Waals surface area (Å²) in [6.45, 7) is 4.50. The summed E-state index contributed by atoms with van der Waals surface area (Å²) in [6, 6.07) is 16.8. The van der Waals surface area contributed by atoms with Crippen molar-refractivity contribution in [2.75, 3.05) is 25.7 Å². The lowest BCUT2D eigenvalue weighted by Gasteiger charge is -2.24. The molecule has 2 heterocycles. The van der Waals surface area contributed by atoms with E-state index in [0.717, 1.165) is 22.2 Å². The molecule has 1 atom stereocenters. The van der Waals surface area contributed by atoms with Gasteiger partial charge in [-0.15, -0.1) is 0 Å². The first-order chi connectivity index (χ1) is 18.9. The van der Waals surface area contributed by atoms with Crippen molar-refractivity contribution in [1.29, 1.82) is 0 Å². The number of methoxy groups -OCH3 is 2. The van der Waals surface area contributed by atoms with Crippen molar-refractivity contribution < 1.29 is 28.9 Å². The normalized spacial score (nSPS) is 16.6. The van der Waals surface area contributed by atoms with Gasteiger partial charge in [0, 0.05) is 5.56 Å². The van der Waals surface area contributed by atoms with Crippen LogP contribution in [0, 0.1) is 6.92 Å². The van der Waals surface area contributed by atoms with Crippen LogP contribution in [-0.2, 0) is 9.59 Å². The Morgan fingerprint density at radius 3 is 2.46 bits per heavy atom. The zero-order valence-electron chi connectivity index (χ0n) is 22.1. The summed E-state index contributed by atoms with van der Waals surface area (Å²) < 4.78 is 17.5. The van der Waals surface area contributed by atoms with E-state index >= 15 is 0 Å². The fourth-order valence-electron chi connectivity index (χ4n) is 4.56. The van der Waals surface area contributed by atoms with E-state index in [0.29, 0.717) is 40.1 Å². The van der Waals surface area contributed by atoms with Crippen molar-refractivity contribution in [1.82, 2.24) is 4.98 Å². The predicted octanol–water partition coefficient (Wildman–Crippen LogP) is 6.04. The number of hydrogen-bond donors (Lipinski definition) is 1. The molecule has 9 heteroatoms. The zero-order chi connectivity index (χ0) is 27.7. The van der Waals surface area contributed by atoms with E-state index in [2.05, 4.69) is 4.98 Å². The maximum atomic E-state index is 13.6. The van der Waals surface area contributed by atoms with Crippen LogP contribution < -0.4 is 19.1 Å². The van der Waals surface area contributed by atoms with Gasteiger partial charge in [0.2, 0.25) is 0 Å². The van der Waals surface area contributed by atoms with Crippen molar-refractivity contribution in [2.24, 2.45) is 0 Å². The highest BCUT2D eigenvalue weighted by molar-refractivity contribution is 7.22. The van der Waals surface area contributed by atoms with Crippen molar-refractivity contribution in [3.63, 3.8) is 0 Å². The average Bonchev–Trinajstić information content (AvgIpc) is 3.48. The first kappa shape index (κ1) is 26.2. The second-order valence-corrected chi connectivity index (χ2v) is 10.1. The largest absolute Gasteiger partial charge is 0.507 e. The monoisotopic (exact) mass is 544 g/mol. The molecule has 4 aromatic rings. The van der Waals surface area contributed by atoms with Gasteiger partial charge in [-0.2, -0.15) is 0 Å². The first-order valence-electron chi connectivity index (χ1n) is 12.5. The zero-order valence-corrected chi connectivity index (χ0v) is 22.9. The van der Waals surface area contributed by atoms with Crippen LogP contribution in [0.2, 0.25) is 0 Å². The molecule has 39 heavy (non-hydrogen) atoms. The molecule has 0 radical (unpaired) electrons. The lowest BCUT2D eigenvalue weighted by Crippen LogP contribution is -2.29. The molecular weight excluding hydrogens is 516 g/mol. The Kier molecular flexibility index (Phi) is 7.26. The molecule has 1 N–H and O–H groups in total. The topological polar surface area (TPSA) is 98.2 Å². The van der Waals surface area contributed by atoms with E-state index in [1.165, 1.54) is 23.3 Å². The van der Waals surface area contributed by atoms with Gasteiger partial charge < -0.3 is 19.3 Å². The molecule has 1 fully saturated rings. The van der Waals surface area contributed by atoms with Crippen molar-refractivity contribution in [2.45, 2.75) is 26.3 Å². The number of aromatic nitrogens is 1. The van der Waals surface area contributed by atoms with E-state index in [1.807, 2.05) is 32.0 Å². The van der Waals surface area contributed by atoms with Crippen LogP contribution in [0.4, 0.5) is 5.13 Å². The molecule has 0 bridgehead atoms. The molecule has 0 spiro atoms. The molecule has 200 valence electrons. The second kappa shape index (κ2) is 10.8. The number of aliphatic hydroxyl groups is 1. The number of benzene rings is 3. The Labute approximate surface area is 230 Å². The summed E-state index contributed by atoms with van der Waals surface area (Å²) in [7, 11) is 3.07. The number of Topliss-reactive ketones (excluding diaryl/α,β-unsaturated/α-hetero) is 1. The number of rotatable bonds is 8. The van der Waals surface area contributed by atoms with Gasteiger partial charge in [0.25, 0.3) is 5.78 Å². The Balaban J connectivity index is 1.70. The molecule has 1 amide bonds. The molecule has 5 rings (SSSR count). The molecule has 1 saturated heterocycles. The molecular formula is C30H28N2O6S. The second-order valence-electron chi connectivity index (χ2n) is 9.12. The maximum absolute atomic E-state index is 13.6. The first-order valence-corrected chi connectivity index (χ1v) is 13.3. The lowest BCUT2D eigenvalue weighted by molar-refractivity contribution is -0.132. The molecule has 0 unspecified atom stereocenters. The van der Waals surface area contributed by atoms with E-state index in [9.17, 15) is 14.7 Å². The average molecular weight is 545 g/mol. The van der Waals surface area contributed by atoms with Gasteiger partial charge in [0.05, 0.1) is 42.7 Å². The third-order valence-electron chi connectivity index (χ3n) is 6.51. The number of aliphatic hydroxyl groups excluding tert-OH is 1. The third-order valence-corrected chi connectivity index (χ3v) is 7.53. The molecule has 0 saturated carbocycles. The number of ketones is 1. The minimum absolute atomic E-state index is 0.0371. The minimum Gasteiger partial charge on any atom is -0.507 e. The predicted molar refractivity (Wildman–Crippen MR) is 151 cm³/mol. The Morgan fingerprint density at radius 1 is 1.00 bits per heavy atom. The van der Waals surface area contributed by atoms with Crippen LogP contribution >= 0.6 is 11.3 Å². The summed E-state index contributed by atoms with van der Waals surface area (Å²) in [5.74, 6) is -0.252. The van der Waals surface area contributed by atoms with Gasteiger partial charge >= 0.3 is 5.91 Å². The third kappa shape index (κ3) is 4.81. The summed E-state index contributed by atoms with van der Waals surface area (Å²) in [6.07, 6.45) is 0.823. The molecule has 8 nitrogen and oxygen atoms in total. The summed E-state index contributed by atoms with van der Waals surface area (Å²) in [4.78, 5) is 33.1. The fraction of sp³-hybridized carbons (Fsp3) is 0.233. The number of ether oxygens (including phenoxy) is 3. The molecule has 0 aliphatic carbocycles. The fourth-order valence-corrected chi connectivity index (χ4v) is 5.65. The molecule has 1 aliphatic rings. The maximum Gasteiger partial charge on any atom is 0.301 e. The Bertz CT molecular complexity index is 1590. The molecule has 1 aromatic heterocycles. The number of hydrogen-bond acceptors (Lipinski definition) is 8. The van der Waals surface area contributed by atoms with Crippen molar-refractivity contribution in [3.8, 4) is 17.2 Å². The number of thiazole rings is 1. The smallest absolute Gasteiger partial charge is 0.301 e. The van der Waals surface area contributed by atoms with Gasteiger partial charge in [-0.3, -0.25) is 14.5 Å². The highest BCUT2D eigenvalue weighted by atomic mass is 32.1. The van der Waals surface area contributed by atoms with E-state index in [-0.39, 0.29) is 11.3 Å². The van der Waals surface area contributed by atoms with Crippen molar-refractivity contribution in [3.05, 3.63) is 82.9 Å². The number of fused-ring (bicyclic) bond motifs is 1. The van der Waals surface area contributed by atoms with Crippen LogP contribution in [-0.4, -0.2) is 42.6 Å². The van der Waals surface area contributed by atoms with E-state index < -0.39 is 17.7 Å². The van der Waals surface area contributed by atoms with E-state index in [1.54, 1.807) is 49.6 Å². The number of aryl methyl sites for hydroxylation is 1. The quantitative estimate of drug-likeness (QED) is 0.164. The number of anilines is 1. The molecule has 1 aliphatic heterocycles. The Morgan fingerprint density at radius 2 is 1.77 bits per heavy atom. The highest BCUT2D eigenvalue weighted by Gasteiger charge is 2.48.